The average Bonchev–Trinajstić information content (AvgIpc) is 2.78. The van der Waals surface area contributed by atoms with E-state index in [-0.39, 0.29) is 22.9 Å². The highest BCUT2D eigenvalue weighted by atomic mass is 16.5. The zero-order valence-corrected chi connectivity index (χ0v) is 15.8. The number of Topliss-reactive ketones (excluding diaryl/α,β-unsaturated/α-hetero) is 1. The molecule has 6 atom stereocenters. The highest BCUT2D eigenvalue weighted by Crippen LogP contribution is 2.64. The van der Waals surface area contributed by atoms with Crippen molar-refractivity contribution in [3.8, 4) is 0 Å². The van der Waals surface area contributed by atoms with Crippen molar-refractivity contribution in [2.24, 2.45) is 28.6 Å². The van der Waals surface area contributed by atoms with Crippen LogP contribution in [-0.4, -0.2) is 17.9 Å². The Morgan fingerprint density at radius 1 is 1.16 bits per heavy atom. The van der Waals surface area contributed by atoms with Gasteiger partial charge < -0.3 is 4.74 Å². The summed E-state index contributed by atoms with van der Waals surface area (Å²) in [6, 6.07) is 0. The van der Waals surface area contributed by atoms with Crippen LogP contribution in [0.2, 0.25) is 0 Å². The van der Waals surface area contributed by atoms with E-state index in [0.29, 0.717) is 23.5 Å². The van der Waals surface area contributed by atoms with Crippen LogP contribution in [-0.2, 0) is 14.3 Å². The average molecular weight is 342 g/mol. The minimum Gasteiger partial charge on any atom is -0.462 e. The molecule has 0 amide bonds. The van der Waals surface area contributed by atoms with Crippen LogP contribution in [0, 0.1) is 28.6 Å². The molecule has 0 aliphatic heterocycles. The van der Waals surface area contributed by atoms with Crippen LogP contribution < -0.4 is 0 Å². The molecule has 3 saturated carbocycles. The lowest BCUT2D eigenvalue weighted by Crippen LogP contribution is -2.50. The molecule has 0 spiro atoms. The van der Waals surface area contributed by atoms with Gasteiger partial charge in [-0.05, 0) is 67.3 Å². The van der Waals surface area contributed by atoms with Crippen LogP contribution in [0.5, 0.6) is 0 Å². The second-order valence-electron chi connectivity index (χ2n) is 9.33. The van der Waals surface area contributed by atoms with E-state index in [1.807, 2.05) is 0 Å². The first-order valence-corrected chi connectivity index (χ1v) is 9.85. The Hall–Kier alpha value is -1.38. The number of fused-ring (bicyclic) bond motifs is 5. The fourth-order valence-electron chi connectivity index (χ4n) is 6.70. The maximum atomic E-state index is 12.7. The first-order chi connectivity index (χ1) is 11.8. The van der Waals surface area contributed by atoms with Crippen molar-refractivity contribution >= 4 is 11.8 Å². The zero-order chi connectivity index (χ0) is 18.0. The molecule has 0 aromatic carbocycles. The van der Waals surface area contributed by atoms with E-state index < -0.39 is 0 Å². The number of hydrogen-bond acceptors (Lipinski definition) is 3. The molecular formula is C22H30O3. The minimum atomic E-state index is -0.172. The lowest BCUT2D eigenvalue weighted by atomic mass is 9.48. The summed E-state index contributed by atoms with van der Waals surface area (Å²) in [6.45, 7) is 10.2. The number of ether oxygens (including phenoxy) is 1. The van der Waals surface area contributed by atoms with E-state index in [0.717, 1.165) is 50.5 Å². The molecule has 0 N–H and O–H groups in total. The van der Waals surface area contributed by atoms with E-state index in [4.69, 9.17) is 4.74 Å². The van der Waals surface area contributed by atoms with Crippen molar-refractivity contribution in [1.29, 1.82) is 0 Å². The van der Waals surface area contributed by atoms with Crippen LogP contribution in [0.3, 0.4) is 0 Å². The Labute approximate surface area is 150 Å². The summed E-state index contributed by atoms with van der Waals surface area (Å²) in [4.78, 5) is 24.0. The highest BCUT2D eigenvalue weighted by Gasteiger charge is 2.59. The topological polar surface area (TPSA) is 43.4 Å². The van der Waals surface area contributed by atoms with E-state index >= 15 is 0 Å². The van der Waals surface area contributed by atoms with Gasteiger partial charge in [0.25, 0.3) is 0 Å². The lowest BCUT2D eigenvalue weighted by Gasteiger charge is -2.56. The predicted molar refractivity (Wildman–Crippen MR) is 96.8 cm³/mol. The monoisotopic (exact) mass is 342 g/mol. The number of carbonyl (C=O) groups excluding carboxylic acids is 2. The lowest BCUT2D eigenvalue weighted by molar-refractivity contribution is -0.148. The van der Waals surface area contributed by atoms with Crippen molar-refractivity contribution in [2.45, 2.75) is 71.8 Å². The minimum absolute atomic E-state index is 0.0510. The molecule has 0 unspecified atom stereocenters. The predicted octanol–water partition coefficient (Wildman–Crippen LogP) is 4.62. The summed E-state index contributed by atoms with van der Waals surface area (Å²) in [5, 5.41) is 0. The molecule has 3 nitrogen and oxygen atoms in total. The largest absolute Gasteiger partial charge is 0.462 e. The van der Waals surface area contributed by atoms with Gasteiger partial charge in [0.05, 0.1) is 0 Å². The molecule has 0 aromatic rings. The quantitative estimate of drug-likeness (QED) is 0.397. The second kappa shape index (κ2) is 5.56. The fourth-order valence-corrected chi connectivity index (χ4v) is 6.70. The zero-order valence-electron chi connectivity index (χ0n) is 15.8. The second-order valence-corrected chi connectivity index (χ2v) is 9.33. The summed E-state index contributed by atoms with van der Waals surface area (Å²) in [7, 11) is 0. The van der Waals surface area contributed by atoms with Crippen molar-refractivity contribution in [3.05, 3.63) is 23.8 Å². The van der Waals surface area contributed by atoms with Crippen molar-refractivity contribution in [2.75, 3.05) is 0 Å². The van der Waals surface area contributed by atoms with Crippen molar-refractivity contribution in [3.63, 3.8) is 0 Å². The first-order valence-electron chi connectivity index (χ1n) is 9.85. The maximum Gasteiger partial charge on any atom is 0.302 e. The Morgan fingerprint density at radius 2 is 1.88 bits per heavy atom. The summed E-state index contributed by atoms with van der Waals surface area (Å²) < 4.78 is 5.50. The van der Waals surface area contributed by atoms with Crippen LogP contribution >= 0.6 is 0 Å². The number of rotatable bonds is 1. The highest BCUT2D eigenvalue weighted by molar-refractivity contribution is 6.02. The van der Waals surface area contributed by atoms with E-state index in [9.17, 15) is 9.59 Å². The Morgan fingerprint density at radius 3 is 2.60 bits per heavy atom. The van der Waals surface area contributed by atoms with E-state index in [1.165, 1.54) is 12.5 Å². The molecule has 4 aliphatic carbocycles. The SMILES string of the molecule is C=C1C[C@@H]2[C@@H]3CC=C4C[C@H](OC(C)=O)CC[C@]4(C)[C@@H]3CC[C@@]2(C)C1=O. The third kappa shape index (κ3) is 2.38. The third-order valence-corrected chi connectivity index (χ3v) is 8.09. The van der Waals surface area contributed by atoms with Crippen LogP contribution in [0.15, 0.2) is 23.8 Å². The number of allylic oxidation sites excluding steroid dienone is 2. The molecule has 4 rings (SSSR count). The van der Waals surface area contributed by atoms with E-state index in [1.54, 1.807) is 0 Å². The molecular weight excluding hydrogens is 312 g/mol. The van der Waals surface area contributed by atoms with Gasteiger partial charge in [-0.2, -0.15) is 0 Å². The smallest absolute Gasteiger partial charge is 0.302 e. The summed E-state index contributed by atoms with van der Waals surface area (Å²) >= 11 is 0. The normalized spacial score (nSPS) is 46.0. The number of hydrogen-bond donors (Lipinski definition) is 0. The number of ketones is 1. The van der Waals surface area contributed by atoms with Crippen molar-refractivity contribution < 1.29 is 14.3 Å². The molecule has 4 aliphatic rings. The van der Waals surface area contributed by atoms with Crippen molar-refractivity contribution in [1.82, 2.24) is 0 Å². The van der Waals surface area contributed by atoms with Gasteiger partial charge in [-0.25, -0.2) is 0 Å². The van der Waals surface area contributed by atoms with E-state index in [2.05, 4.69) is 26.5 Å². The van der Waals surface area contributed by atoms with Crippen LogP contribution in [0.1, 0.15) is 65.7 Å². The number of carbonyl (C=O) groups is 2. The summed E-state index contributed by atoms with van der Waals surface area (Å²) in [5.74, 6) is 1.88. The standard InChI is InChI=1S/C22H30O3/c1-13-11-19-17-6-5-15-12-16(25-14(2)23)7-9-21(15,3)18(17)8-10-22(19,4)20(13)24/h5,16-19H,1,6-12H2,2-4H3/t16-,17-,18-,19-,21+,22-/m1/s1. The molecule has 0 bridgehead atoms. The molecule has 3 heteroatoms. The molecule has 0 saturated heterocycles. The van der Waals surface area contributed by atoms with Gasteiger partial charge in [-0.1, -0.05) is 32.1 Å². The number of esters is 1. The molecule has 0 heterocycles. The first kappa shape index (κ1) is 17.1. The Kier molecular flexibility index (Phi) is 3.79. The third-order valence-electron chi connectivity index (χ3n) is 8.09. The van der Waals surface area contributed by atoms with Gasteiger partial charge in [-0.3, -0.25) is 9.59 Å². The van der Waals surface area contributed by atoms with Gasteiger partial charge in [-0.15, -0.1) is 0 Å². The molecule has 0 radical (unpaired) electrons. The Bertz CT molecular complexity index is 675. The van der Waals surface area contributed by atoms with Gasteiger partial charge >= 0.3 is 5.97 Å². The van der Waals surface area contributed by atoms with Gasteiger partial charge in [0.1, 0.15) is 6.10 Å². The fraction of sp³-hybridized carbons (Fsp3) is 0.727. The Balaban J connectivity index is 1.62. The summed E-state index contributed by atoms with van der Waals surface area (Å²) in [6.07, 6.45) is 9.54. The van der Waals surface area contributed by atoms with Gasteiger partial charge in [0, 0.05) is 18.8 Å². The maximum absolute atomic E-state index is 12.7. The molecule has 136 valence electrons. The molecule has 25 heavy (non-hydrogen) atoms. The van der Waals surface area contributed by atoms with Crippen LogP contribution in [0.4, 0.5) is 0 Å². The molecule has 0 aromatic heterocycles. The van der Waals surface area contributed by atoms with Gasteiger partial charge in [0.2, 0.25) is 0 Å². The summed E-state index contributed by atoms with van der Waals surface area (Å²) in [5.41, 5.74) is 2.40. The molecule has 3 fully saturated rings. The van der Waals surface area contributed by atoms with Gasteiger partial charge in [0.15, 0.2) is 5.78 Å². The van der Waals surface area contributed by atoms with Crippen LogP contribution in [0.25, 0.3) is 0 Å².